The quantitative estimate of drug-likeness (QED) is 0.735. The molecule has 0 N–H and O–H groups in total. The average molecular weight is 382 g/mol. The summed E-state index contributed by atoms with van der Waals surface area (Å²) in [6.45, 7) is 3.31. The lowest BCUT2D eigenvalue weighted by Crippen LogP contribution is -2.34. The van der Waals surface area contributed by atoms with Crippen LogP contribution in [0.25, 0.3) is 0 Å². The molecule has 0 amide bonds. The van der Waals surface area contributed by atoms with Crippen LogP contribution in [0, 0.1) is 17.8 Å². The van der Waals surface area contributed by atoms with Gasteiger partial charge in [0.2, 0.25) is 0 Å². The van der Waals surface area contributed by atoms with Crippen LogP contribution in [0.3, 0.4) is 0 Å². The Kier molecular flexibility index (Phi) is 5.86. The molecule has 1 saturated heterocycles. The van der Waals surface area contributed by atoms with Crippen LogP contribution >= 0.6 is 0 Å². The third-order valence-electron chi connectivity index (χ3n) is 6.70. The Bertz CT molecular complexity index is 759. The lowest BCUT2D eigenvalue weighted by molar-refractivity contribution is -0.118. The van der Waals surface area contributed by atoms with E-state index in [1.807, 2.05) is 6.08 Å². The van der Waals surface area contributed by atoms with Crippen molar-refractivity contribution in [2.45, 2.75) is 38.6 Å². The number of hydrogen-bond donors (Lipinski definition) is 0. The van der Waals surface area contributed by atoms with Crippen LogP contribution in [0.15, 0.2) is 53.5 Å². The third kappa shape index (κ3) is 4.02. The van der Waals surface area contributed by atoms with Gasteiger partial charge in [0.25, 0.3) is 0 Å². The van der Waals surface area contributed by atoms with Gasteiger partial charge in [-0.2, -0.15) is 0 Å². The van der Waals surface area contributed by atoms with Gasteiger partial charge in [0.1, 0.15) is 5.76 Å². The van der Waals surface area contributed by atoms with Crippen molar-refractivity contribution in [1.82, 2.24) is 4.90 Å². The van der Waals surface area contributed by atoms with E-state index in [1.54, 1.807) is 14.2 Å². The number of methoxy groups -OCH3 is 2. The summed E-state index contributed by atoms with van der Waals surface area (Å²) >= 11 is 0. The summed E-state index contributed by atoms with van der Waals surface area (Å²) in [6.07, 6.45) is 7.13. The van der Waals surface area contributed by atoms with Crippen molar-refractivity contribution in [2.75, 3.05) is 27.3 Å². The highest BCUT2D eigenvalue weighted by molar-refractivity contribution is 6.00. The second-order valence-electron chi connectivity index (χ2n) is 8.43. The van der Waals surface area contributed by atoms with Gasteiger partial charge in [0.05, 0.1) is 14.2 Å². The fourth-order valence-corrected chi connectivity index (χ4v) is 5.13. The van der Waals surface area contributed by atoms with Crippen molar-refractivity contribution in [1.29, 1.82) is 0 Å². The summed E-state index contributed by atoms with van der Waals surface area (Å²) in [6, 6.07) is 10.7. The number of likely N-dealkylation sites (tertiary alicyclic amines) is 1. The molecule has 150 valence electrons. The first-order valence-corrected chi connectivity index (χ1v) is 10.5. The topological polar surface area (TPSA) is 38.8 Å². The average Bonchev–Trinajstić information content (AvgIpc) is 3.03. The number of carbonyl (C=O) groups is 1. The van der Waals surface area contributed by atoms with Crippen LogP contribution in [0.1, 0.15) is 37.7 Å². The number of allylic oxidation sites excluding steroid dienone is 3. The van der Waals surface area contributed by atoms with Crippen molar-refractivity contribution >= 4 is 5.78 Å². The van der Waals surface area contributed by atoms with Crippen LogP contribution in [0.5, 0.6) is 0 Å². The van der Waals surface area contributed by atoms with Crippen molar-refractivity contribution in [3.05, 3.63) is 59.1 Å². The molecule has 0 radical (unpaired) electrons. The molecule has 4 nitrogen and oxygen atoms in total. The van der Waals surface area contributed by atoms with Crippen LogP contribution < -0.4 is 0 Å². The Labute approximate surface area is 168 Å². The van der Waals surface area contributed by atoms with Gasteiger partial charge < -0.3 is 9.47 Å². The number of rotatable bonds is 6. The maximum atomic E-state index is 13.0. The van der Waals surface area contributed by atoms with E-state index in [2.05, 4.69) is 35.2 Å². The fourth-order valence-electron chi connectivity index (χ4n) is 5.13. The number of hydrogen-bond acceptors (Lipinski definition) is 4. The van der Waals surface area contributed by atoms with E-state index in [-0.39, 0.29) is 5.92 Å². The van der Waals surface area contributed by atoms with Crippen molar-refractivity contribution in [3.8, 4) is 0 Å². The first-order chi connectivity index (χ1) is 13.7. The summed E-state index contributed by atoms with van der Waals surface area (Å²) in [5, 5.41) is 0. The molecule has 1 heterocycles. The second kappa shape index (κ2) is 8.52. The van der Waals surface area contributed by atoms with E-state index in [4.69, 9.17) is 9.47 Å². The Hall–Kier alpha value is -2.07. The number of ether oxygens (including phenoxy) is 2. The predicted molar refractivity (Wildman–Crippen MR) is 109 cm³/mol. The lowest BCUT2D eigenvalue weighted by Gasteiger charge is -2.33. The highest BCUT2D eigenvalue weighted by Gasteiger charge is 2.41. The molecule has 1 saturated carbocycles. The Morgan fingerprint density at radius 1 is 1.07 bits per heavy atom. The van der Waals surface area contributed by atoms with Gasteiger partial charge in [0.15, 0.2) is 11.5 Å². The molecule has 2 atom stereocenters. The number of Topliss-reactive ketones (excluding diaryl/α,β-unsaturated/α-hetero) is 1. The van der Waals surface area contributed by atoms with Gasteiger partial charge in [-0.25, -0.2) is 0 Å². The largest absolute Gasteiger partial charge is 0.497 e. The van der Waals surface area contributed by atoms with Crippen molar-refractivity contribution < 1.29 is 14.3 Å². The van der Waals surface area contributed by atoms with Gasteiger partial charge in [0, 0.05) is 24.5 Å². The maximum Gasteiger partial charge on any atom is 0.162 e. The molecule has 0 aromatic heterocycles. The minimum atomic E-state index is 0.177. The Morgan fingerprint density at radius 2 is 1.82 bits per heavy atom. The van der Waals surface area contributed by atoms with E-state index in [1.165, 1.54) is 18.4 Å². The number of carbonyl (C=O) groups excluding carboxylic acids is 1. The number of nitrogens with zero attached hydrogens (tertiary/aromatic N) is 1. The number of fused-ring (bicyclic) bond motifs is 1. The standard InChI is InChI=1S/C24H31NO3/c1-27-22-14-19-13-20(24(26)21(19)15-23(22)28-2)12-17-8-10-25(11-9-17)16-18-6-4-3-5-7-18/h3-7,15,17,19-20H,8-14,16H2,1-2H3. The number of piperidine rings is 1. The van der Waals surface area contributed by atoms with Gasteiger partial charge >= 0.3 is 0 Å². The smallest absolute Gasteiger partial charge is 0.162 e. The summed E-state index contributed by atoms with van der Waals surface area (Å²) in [5.74, 6) is 3.09. The summed E-state index contributed by atoms with van der Waals surface area (Å²) in [7, 11) is 3.33. The van der Waals surface area contributed by atoms with Crippen LogP contribution in [-0.2, 0) is 20.8 Å². The maximum absolute atomic E-state index is 13.0. The molecular weight excluding hydrogens is 350 g/mol. The lowest BCUT2D eigenvalue weighted by atomic mass is 9.85. The molecular formula is C24H31NO3. The van der Waals surface area contributed by atoms with Crippen molar-refractivity contribution in [2.24, 2.45) is 17.8 Å². The van der Waals surface area contributed by atoms with E-state index in [0.29, 0.717) is 17.6 Å². The van der Waals surface area contributed by atoms with Crippen LogP contribution in [0.4, 0.5) is 0 Å². The molecule has 2 fully saturated rings. The van der Waals surface area contributed by atoms with Crippen molar-refractivity contribution in [3.63, 3.8) is 0 Å². The minimum Gasteiger partial charge on any atom is -0.497 e. The summed E-state index contributed by atoms with van der Waals surface area (Å²) in [4.78, 5) is 15.5. The summed E-state index contributed by atoms with van der Waals surface area (Å²) in [5.41, 5.74) is 2.35. The molecule has 4 heteroatoms. The molecule has 3 aliphatic rings. The highest BCUT2D eigenvalue weighted by atomic mass is 16.5. The molecule has 2 aliphatic carbocycles. The molecule has 1 aromatic carbocycles. The SMILES string of the molecule is COC1=C(OC)CC2CC(CC3CCN(Cc4ccccc4)CC3)C(=O)C2=C1. The molecule has 0 spiro atoms. The molecule has 1 aromatic rings. The zero-order valence-electron chi connectivity index (χ0n) is 17.0. The molecule has 2 unspecified atom stereocenters. The molecule has 0 bridgehead atoms. The minimum absolute atomic E-state index is 0.177. The van der Waals surface area contributed by atoms with Crippen LogP contribution in [-0.4, -0.2) is 38.0 Å². The molecule has 4 rings (SSSR count). The van der Waals surface area contributed by atoms with Crippen LogP contribution in [0.2, 0.25) is 0 Å². The molecule has 28 heavy (non-hydrogen) atoms. The molecule has 1 aliphatic heterocycles. The van der Waals surface area contributed by atoms with Gasteiger partial charge in [-0.05, 0) is 62.2 Å². The van der Waals surface area contributed by atoms with E-state index >= 15 is 0 Å². The first-order valence-electron chi connectivity index (χ1n) is 10.5. The van der Waals surface area contributed by atoms with Gasteiger partial charge in [-0.15, -0.1) is 0 Å². The first kappa shape index (κ1) is 19.3. The predicted octanol–water partition coefficient (Wildman–Crippen LogP) is 4.33. The Morgan fingerprint density at radius 3 is 2.50 bits per heavy atom. The van der Waals surface area contributed by atoms with Gasteiger partial charge in [-0.3, -0.25) is 9.69 Å². The highest BCUT2D eigenvalue weighted by Crippen LogP contribution is 2.44. The third-order valence-corrected chi connectivity index (χ3v) is 6.70. The monoisotopic (exact) mass is 381 g/mol. The fraction of sp³-hybridized carbons (Fsp3) is 0.542. The second-order valence-corrected chi connectivity index (χ2v) is 8.43. The number of benzene rings is 1. The van der Waals surface area contributed by atoms with Gasteiger partial charge in [-0.1, -0.05) is 30.3 Å². The summed E-state index contributed by atoms with van der Waals surface area (Å²) < 4.78 is 10.9. The Balaban J connectivity index is 1.30. The number of ketones is 1. The van der Waals surface area contributed by atoms with E-state index in [9.17, 15) is 4.79 Å². The normalized spacial score (nSPS) is 26.2. The zero-order valence-corrected chi connectivity index (χ0v) is 17.0. The zero-order chi connectivity index (χ0) is 19.5. The van der Waals surface area contributed by atoms with E-state index < -0.39 is 0 Å². The van der Waals surface area contributed by atoms with E-state index in [0.717, 1.165) is 56.0 Å².